The van der Waals surface area contributed by atoms with Crippen molar-refractivity contribution in [1.82, 2.24) is 15.2 Å². The molecule has 1 aliphatic rings. The van der Waals surface area contributed by atoms with Crippen LogP contribution in [0.1, 0.15) is 66.1 Å². The zero-order chi connectivity index (χ0) is 19.3. The summed E-state index contributed by atoms with van der Waals surface area (Å²) in [6, 6.07) is 2.82. The van der Waals surface area contributed by atoms with Crippen molar-refractivity contribution >= 4 is 17.8 Å². The molecule has 1 aromatic rings. The van der Waals surface area contributed by atoms with Crippen molar-refractivity contribution in [2.45, 2.75) is 52.5 Å². The molecule has 1 aromatic heterocycles. The van der Waals surface area contributed by atoms with Gasteiger partial charge in [0, 0.05) is 25.0 Å². The van der Waals surface area contributed by atoms with Gasteiger partial charge in [0.25, 0.3) is 5.91 Å². The van der Waals surface area contributed by atoms with Crippen LogP contribution in [0, 0.1) is 12.8 Å². The second kappa shape index (κ2) is 8.78. The van der Waals surface area contributed by atoms with Gasteiger partial charge in [-0.05, 0) is 44.7 Å². The Morgan fingerprint density at radius 2 is 1.85 bits per heavy atom. The van der Waals surface area contributed by atoms with Gasteiger partial charge in [-0.2, -0.15) is 0 Å². The first kappa shape index (κ1) is 19.9. The summed E-state index contributed by atoms with van der Waals surface area (Å²) in [4.78, 5) is 41.8. The summed E-state index contributed by atoms with van der Waals surface area (Å²) in [6.45, 7) is 6.92. The van der Waals surface area contributed by atoms with Crippen molar-refractivity contribution in [3.05, 3.63) is 29.1 Å². The van der Waals surface area contributed by atoms with Crippen LogP contribution in [0.4, 0.5) is 0 Å². The highest BCUT2D eigenvalue weighted by Gasteiger charge is 2.27. The van der Waals surface area contributed by atoms with Crippen LogP contribution in [0.15, 0.2) is 12.1 Å². The maximum atomic E-state index is 12.4. The number of hydrogen-bond donors (Lipinski definition) is 2. The van der Waals surface area contributed by atoms with E-state index in [2.05, 4.69) is 10.3 Å². The third-order valence-corrected chi connectivity index (χ3v) is 5.03. The van der Waals surface area contributed by atoms with Gasteiger partial charge in [-0.25, -0.2) is 9.78 Å². The van der Waals surface area contributed by atoms with Crippen LogP contribution in [0.25, 0.3) is 0 Å². The van der Waals surface area contributed by atoms with Crippen LogP contribution in [0.2, 0.25) is 0 Å². The van der Waals surface area contributed by atoms with Crippen molar-refractivity contribution in [1.29, 1.82) is 0 Å². The van der Waals surface area contributed by atoms with Gasteiger partial charge in [-0.3, -0.25) is 9.59 Å². The molecular formula is C19H27N3O4. The van der Waals surface area contributed by atoms with Gasteiger partial charge in [-0.15, -0.1) is 0 Å². The number of rotatable bonds is 6. The first-order valence-electron chi connectivity index (χ1n) is 9.17. The largest absolute Gasteiger partial charge is 0.478 e. The molecule has 2 rings (SSSR count). The van der Waals surface area contributed by atoms with Gasteiger partial charge in [0.2, 0.25) is 5.91 Å². The molecule has 7 nitrogen and oxygen atoms in total. The topological polar surface area (TPSA) is 99.6 Å². The van der Waals surface area contributed by atoms with E-state index < -0.39 is 5.97 Å². The van der Waals surface area contributed by atoms with Crippen molar-refractivity contribution in [2.75, 3.05) is 13.1 Å². The second-order valence-electron chi connectivity index (χ2n) is 6.72. The number of aromatic carboxylic acids is 1. The zero-order valence-corrected chi connectivity index (χ0v) is 15.6. The first-order chi connectivity index (χ1) is 12.4. The van der Waals surface area contributed by atoms with E-state index in [0.717, 1.165) is 12.8 Å². The highest BCUT2D eigenvalue weighted by molar-refractivity contribution is 5.94. The SMILES string of the molecule is CCC(CC)C(=O)N1CCC(NC(=O)c2ccc(C(=O)O)c(C)n2)CC1. The predicted molar refractivity (Wildman–Crippen MR) is 97.1 cm³/mol. The van der Waals surface area contributed by atoms with Crippen molar-refractivity contribution in [3.63, 3.8) is 0 Å². The molecule has 142 valence electrons. The number of carboxylic acids is 1. The summed E-state index contributed by atoms with van der Waals surface area (Å²) in [7, 11) is 0. The van der Waals surface area contributed by atoms with Crippen LogP contribution in [-0.4, -0.2) is 51.9 Å². The Balaban J connectivity index is 1.91. The Morgan fingerprint density at radius 1 is 1.23 bits per heavy atom. The van der Waals surface area contributed by atoms with E-state index in [9.17, 15) is 14.4 Å². The Bertz CT molecular complexity index is 677. The monoisotopic (exact) mass is 361 g/mol. The number of piperidine rings is 1. The van der Waals surface area contributed by atoms with Gasteiger partial charge in [0.05, 0.1) is 11.3 Å². The zero-order valence-electron chi connectivity index (χ0n) is 15.6. The number of carboxylic acid groups (broad SMARTS) is 1. The van der Waals surface area contributed by atoms with Crippen LogP contribution in [0.3, 0.4) is 0 Å². The molecule has 7 heteroatoms. The third kappa shape index (κ3) is 4.59. The average molecular weight is 361 g/mol. The van der Waals surface area contributed by atoms with Crippen LogP contribution < -0.4 is 5.32 Å². The minimum Gasteiger partial charge on any atom is -0.478 e. The Kier molecular flexibility index (Phi) is 6.71. The predicted octanol–water partition coefficient (Wildman–Crippen LogP) is 2.25. The molecule has 1 fully saturated rings. The fourth-order valence-corrected chi connectivity index (χ4v) is 3.31. The Hall–Kier alpha value is -2.44. The van der Waals surface area contributed by atoms with Crippen LogP contribution in [-0.2, 0) is 4.79 Å². The summed E-state index contributed by atoms with van der Waals surface area (Å²) < 4.78 is 0. The van der Waals surface area contributed by atoms with E-state index in [1.54, 1.807) is 6.92 Å². The molecule has 0 aliphatic carbocycles. The van der Waals surface area contributed by atoms with Crippen LogP contribution >= 0.6 is 0 Å². The lowest BCUT2D eigenvalue weighted by atomic mass is 9.98. The number of nitrogens with zero attached hydrogens (tertiary/aromatic N) is 2. The molecule has 1 aliphatic heterocycles. The molecule has 0 spiro atoms. The van der Waals surface area contributed by atoms with E-state index in [0.29, 0.717) is 31.6 Å². The molecule has 0 radical (unpaired) electrons. The van der Waals surface area contributed by atoms with Crippen molar-refractivity contribution in [2.24, 2.45) is 5.92 Å². The molecule has 0 atom stereocenters. The molecule has 0 unspecified atom stereocenters. The Labute approximate surface area is 153 Å². The lowest BCUT2D eigenvalue weighted by Crippen LogP contribution is -2.48. The molecule has 2 heterocycles. The summed E-state index contributed by atoms with van der Waals surface area (Å²) in [5.74, 6) is -1.08. The maximum absolute atomic E-state index is 12.4. The standard InChI is InChI=1S/C19H27N3O4/c1-4-13(5-2)18(24)22-10-8-14(9-11-22)21-17(23)16-7-6-15(19(25)26)12(3)20-16/h6-7,13-14H,4-5,8-11H2,1-3H3,(H,21,23)(H,25,26). The second-order valence-corrected chi connectivity index (χ2v) is 6.72. The quantitative estimate of drug-likeness (QED) is 0.809. The van der Waals surface area contributed by atoms with Gasteiger partial charge in [0.15, 0.2) is 0 Å². The fraction of sp³-hybridized carbons (Fsp3) is 0.579. The average Bonchev–Trinajstić information content (AvgIpc) is 2.62. The Morgan fingerprint density at radius 3 is 2.35 bits per heavy atom. The highest BCUT2D eigenvalue weighted by atomic mass is 16.4. The molecule has 2 N–H and O–H groups in total. The fourth-order valence-electron chi connectivity index (χ4n) is 3.31. The van der Waals surface area contributed by atoms with E-state index in [-0.39, 0.29) is 35.0 Å². The third-order valence-electron chi connectivity index (χ3n) is 5.03. The molecule has 0 aromatic carbocycles. The van der Waals surface area contributed by atoms with Crippen LogP contribution in [0.5, 0.6) is 0 Å². The highest BCUT2D eigenvalue weighted by Crippen LogP contribution is 2.17. The number of pyridine rings is 1. The number of likely N-dealkylation sites (tertiary alicyclic amines) is 1. The molecule has 0 saturated carbocycles. The summed E-state index contributed by atoms with van der Waals surface area (Å²) in [6.07, 6.45) is 3.13. The van der Waals surface area contributed by atoms with E-state index in [1.165, 1.54) is 12.1 Å². The normalized spacial score (nSPS) is 15.2. The lowest BCUT2D eigenvalue weighted by molar-refractivity contribution is -0.136. The summed E-state index contributed by atoms with van der Waals surface area (Å²) >= 11 is 0. The van der Waals surface area contributed by atoms with Gasteiger partial charge >= 0.3 is 5.97 Å². The number of hydrogen-bond acceptors (Lipinski definition) is 4. The number of carbonyl (C=O) groups is 3. The van der Waals surface area contributed by atoms with Gasteiger partial charge in [-0.1, -0.05) is 13.8 Å². The number of aryl methyl sites for hydroxylation is 1. The molecule has 0 bridgehead atoms. The van der Waals surface area contributed by atoms with Gasteiger partial charge in [0.1, 0.15) is 5.69 Å². The van der Waals surface area contributed by atoms with Crippen molar-refractivity contribution < 1.29 is 19.5 Å². The minimum atomic E-state index is -1.06. The number of carbonyl (C=O) groups excluding carboxylic acids is 2. The number of amides is 2. The first-order valence-corrected chi connectivity index (χ1v) is 9.17. The van der Waals surface area contributed by atoms with E-state index >= 15 is 0 Å². The molecular weight excluding hydrogens is 334 g/mol. The number of nitrogens with one attached hydrogen (secondary N) is 1. The van der Waals surface area contributed by atoms with Crippen molar-refractivity contribution in [3.8, 4) is 0 Å². The summed E-state index contributed by atoms with van der Waals surface area (Å²) in [5, 5.41) is 12.0. The van der Waals surface area contributed by atoms with E-state index in [1.807, 2.05) is 18.7 Å². The molecule has 2 amide bonds. The number of aromatic nitrogens is 1. The maximum Gasteiger partial charge on any atom is 0.337 e. The minimum absolute atomic E-state index is 0.00508. The lowest BCUT2D eigenvalue weighted by Gasteiger charge is -2.34. The smallest absolute Gasteiger partial charge is 0.337 e. The van der Waals surface area contributed by atoms with E-state index in [4.69, 9.17) is 5.11 Å². The summed E-state index contributed by atoms with van der Waals surface area (Å²) in [5.41, 5.74) is 0.619. The van der Waals surface area contributed by atoms with Gasteiger partial charge < -0.3 is 15.3 Å². The molecule has 1 saturated heterocycles. The molecule has 26 heavy (non-hydrogen) atoms.